The lowest BCUT2D eigenvalue weighted by Gasteiger charge is -2.28. The molecule has 1 aliphatic heterocycles. The Labute approximate surface area is 519 Å². The highest BCUT2D eigenvalue weighted by atomic mass is 32.2. The lowest BCUT2D eigenvalue weighted by atomic mass is 10.0. The van der Waals surface area contributed by atoms with Crippen LogP contribution in [0.3, 0.4) is 0 Å². The smallest absolute Gasteiger partial charge is 0.328 e. The van der Waals surface area contributed by atoms with Gasteiger partial charge in [-0.1, -0.05) is 0 Å². The minimum absolute atomic E-state index is 0.00962. The Kier molecular flexibility index (Phi) is 37.8. The predicted octanol–water partition coefficient (Wildman–Crippen LogP) is -8.41. The van der Waals surface area contributed by atoms with E-state index in [2.05, 4.69) is 63.2 Å². The highest BCUT2D eigenvalue weighted by Gasteiger charge is 2.36. The number of nitrogens with one attached hydrogen (secondary N) is 11. The van der Waals surface area contributed by atoms with Crippen molar-refractivity contribution in [2.24, 2.45) is 44.4 Å². The molecule has 0 radical (unpaired) electrons. The van der Waals surface area contributed by atoms with E-state index >= 15 is 0 Å². The second-order valence-corrected chi connectivity index (χ2v) is 22.0. The summed E-state index contributed by atoms with van der Waals surface area (Å²) in [6.45, 7) is 2.93. The van der Waals surface area contributed by atoms with Gasteiger partial charge in [0.15, 0.2) is 18.0 Å². The fraction of sp³-hybridized carbons (Fsp3) is 0.712. The van der Waals surface area contributed by atoms with Gasteiger partial charge in [-0.3, -0.25) is 67.5 Å². The zero-order valence-electron chi connectivity index (χ0n) is 50.6. The third kappa shape index (κ3) is 32.1. The van der Waals surface area contributed by atoms with Crippen LogP contribution in [0.25, 0.3) is 0 Å². The molecule has 1 rings (SSSR count). The molecule has 0 saturated carbocycles. The first-order valence-corrected chi connectivity index (χ1v) is 30.4. The number of guanidine groups is 2. The van der Waals surface area contributed by atoms with Crippen LogP contribution in [-0.2, 0) is 62.3 Å². The Morgan fingerprint density at radius 3 is 1.70 bits per heavy atom. The molecule has 1 heterocycles. The summed E-state index contributed by atoms with van der Waals surface area (Å²) in [7, 11) is 0. The average molecular weight is 1290 g/mol. The van der Waals surface area contributed by atoms with E-state index in [1.807, 2.05) is 5.32 Å². The molecule has 504 valence electrons. The average Bonchev–Trinajstić information content (AvgIpc) is 3.70. The van der Waals surface area contributed by atoms with Crippen molar-refractivity contribution in [1.29, 1.82) is 0 Å². The van der Waals surface area contributed by atoms with Crippen molar-refractivity contribution >= 4 is 101 Å². The largest absolute Gasteiger partial charge is 0.481 e. The second kappa shape index (κ2) is 42.7. The number of aliphatic hydroxyl groups excluding tert-OH is 2. The van der Waals surface area contributed by atoms with Gasteiger partial charge in [0.05, 0.1) is 18.8 Å². The number of carboxylic acids is 2. The van der Waals surface area contributed by atoms with E-state index < -0.39 is 169 Å². The summed E-state index contributed by atoms with van der Waals surface area (Å²) < 4.78 is 0. The molecule has 27 N–H and O–H groups in total. The molecule has 1 saturated heterocycles. The van der Waals surface area contributed by atoms with Crippen molar-refractivity contribution in [2.45, 2.75) is 190 Å². The molecule has 89 heavy (non-hydrogen) atoms. The van der Waals surface area contributed by atoms with Gasteiger partial charge >= 0.3 is 11.9 Å². The first kappa shape index (κ1) is 78.9. The fourth-order valence-electron chi connectivity index (χ4n) is 8.40. The number of nitrogens with zero attached hydrogens (tertiary/aromatic N) is 2. The summed E-state index contributed by atoms with van der Waals surface area (Å²) in [5, 5.41) is 65.9. The van der Waals surface area contributed by atoms with Crippen LogP contribution in [0.4, 0.5) is 0 Å². The van der Waals surface area contributed by atoms with Crippen LogP contribution in [0.1, 0.15) is 117 Å². The second-order valence-electron chi connectivity index (χ2n) is 21.0. The molecule has 0 aromatic carbocycles. The molecule has 1 aliphatic rings. The Bertz CT molecular complexity index is 2450. The van der Waals surface area contributed by atoms with Crippen molar-refractivity contribution in [1.82, 2.24) is 58.5 Å². The molecule has 0 aromatic heterocycles. The minimum Gasteiger partial charge on any atom is -0.481 e. The molecule has 36 nitrogen and oxygen atoms in total. The lowest BCUT2D eigenvalue weighted by molar-refractivity contribution is -0.145. The minimum atomic E-state index is -1.82. The molecule has 0 unspecified atom stereocenters. The predicted molar refractivity (Wildman–Crippen MR) is 324 cm³/mol. The SMILES string of the molecule is CSCC[C@@H]1NC(=O)[C@@H](NC(=O)[C@H](CCCN=C(N)N)NC(=O)[C@H](C)N)CCCCNC(=O)CC[C@@H](C(=O)N[C@@H](CCC(=O)O)C(=O)N[C@@H](C)C(=O)N[C@@H](CCCN=C(N)N)C(=O)N[C@@H](CCCCN)C(=O)N[C@@H](CO)C(=O)N[C@H](C(=O)O)[C@@H](C)O)NC1=O. The molecule has 0 aliphatic carbocycles. The number of hydrogen-bond acceptors (Lipinski definition) is 20. The number of rotatable bonds is 37. The van der Waals surface area contributed by atoms with Gasteiger partial charge in [-0.05, 0) is 123 Å². The third-order valence-electron chi connectivity index (χ3n) is 13.5. The number of unbranched alkanes of at least 4 members (excludes halogenated alkanes) is 1. The maximum absolute atomic E-state index is 14.3. The van der Waals surface area contributed by atoms with E-state index in [1.165, 1.54) is 25.6 Å². The van der Waals surface area contributed by atoms with Gasteiger partial charge < -0.3 is 113 Å². The highest BCUT2D eigenvalue weighted by molar-refractivity contribution is 7.98. The summed E-state index contributed by atoms with van der Waals surface area (Å²) in [4.78, 5) is 182. The maximum atomic E-state index is 14.3. The Hall–Kier alpha value is -8.16. The zero-order chi connectivity index (χ0) is 67.3. The van der Waals surface area contributed by atoms with Crippen molar-refractivity contribution in [3.05, 3.63) is 0 Å². The number of aliphatic hydroxyl groups is 2. The van der Waals surface area contributed by atoms with E-state index in [4.69, 9.17) is 34.4 Å². The molecule has 11 amide bonds. The Morgan fingerprint density at radius 2 is 1.17 bits per heavy atom. The monoisotopic (exact) mass is 1290 g/mol. The Morgan fingerprint density at radius 1 is 0.640 bits per heavy atom. The van der Waals surface area contributed by atoms with Crippen LogP contribution >= 0.6 is 11.8 Å². The third-order valence-corrected chi connectivity index (χ3v) is 14.1. The van der Waals surface area contributed by atoms with Crippen LogP contribution < -0.4 is 92.9 Å². The Balaban J connectivity index is 3.57. The first-order valence-electron chi connectivity index (χ1n) is 29.1. The molecule has 12 atom stereocenters. The number of aliphatic carboxylic acids is 2. The van der Waals surface area contributed by atoms with Gasteiger partial charge in [-0.25, -0.2) is 4.79 Å². The van der Waals surface area contributed by atoms with Gasteiger partial charge in [-0.15, -0.1) is 0 Å². The zero-order valence-corrected chi connectivity index (χ0v) is 51.5. The van der Waals surface area contributed by atoms with Gasteiger partial charge in [0.25, 0.3) is 0 Å². The maximum Gasteiger partial charge on any atom is 0.328 e. The summed E-state index contributed by atoms with van der Waals surface area (Å²) in [5.41, 5.74) is 33.2. The number of carboxylic acid groups (broad SMARTS) is 2. The number of hydrogen-bond donors (Lipinski definition) is 21. The molecule has 37 heteroatoms. The number of thioether (sulfide) groups is 1. The van der Waals surface area contributed by atoms with Crippen molar-refractivity contribution in [3.63, 3.8) is 0 Å². The number of amides is 11. The van der Waals surface area contributed by atoms with Crippen LogP contribution in [0.5, 0.6) is 0 Å². The standard InChI is InChI=1S/C52H93N19O17S/c1-26(54)40(77)63-31(13-9-22-60-51(55)56)44(81)66-30-12-6-8-21-59-37(74)17-15-33(67-48(85)35(19-24-89-4)69-43(30)80)47(84)68-34(16-18-38(75)76)42(79)62-27(2)41(78)64-32(14-10-23-61-52(57)58)45(82)65-29(11-5-7-20-53)46(83)70-36(25-72)49(86)71-39(28(3)73)50(87)88/h26-36,39,72-73H,5-25,53-54H2,1-4H3,(H,59,74)(H,62,79)(H,63,77)(H,64,78)(H,65,82)(H,66,81)(H,67,85)(H,68,84)(H,69,80)(H,70,83)(H,71,86)(H,75,76)(H,87,88)(H4,55,56,60)(H4,57,58,61)/t26-,27-,28+,29-,30-,31-,32-,33-,34-,35-,36-,39-/m0/s1. The van der Waals surface area contributed by atoms with Crippen molar-refractivity contribution in [2.75, 3.05) is 44.8 Å². The lowest BCUT2D eigenvalue weighted by Crippen LogP contribution is -2.60. The number of aliphatic imine (C=N–C) groups is 2. The van der Waals surface area contributed by atoms with Gasteiger partial charge in [0.1, 0.15) is 54.4 Å². The van der Waals surface area contributed by atoms with Gasteiger partial charge in [0, 0.05) is 32.5 Å². The summed E-state index contributed by atoms with van der Waals surface area (Å²) in [6.07, 6.45) is -0.783. The molecule has 0 spiro atoms. The first-order chi connectivity index (χ1) is 41.9. The van der Waals surface area contributed by atoms with Crippen molar-refractivity contribution in [3.8, 4) is 0 Å². The fourth-order valence-corrected chi connectivity index (χ4v) is 8.87. The summed E-state index contributed by atoms with van der Waals surface area (Å²) in [6, 6.07) is -16.4. The quantitative estimate of drug-likeness (QED) is 0.0156. The van der Waals surface area contributed by atoms with Crippen molar-refractivity contribution < 1.29 is 82.8 Å². The number of carbonyl (C=O) groups excluding carboxylic acids is 11. The van der Waals surface area contributed by atoms with E-state index in [0.29, 0.717) is 12.8 Å². The van der Waals surface area contributed by atoms with Crippen LogP contribution in [0, 0.1) is 0 Å². The number of carbonyl (C=O) groups is 13. The van der Waals surface area contributed by atoms with Crippen LogP contribution in [0.2, 0.25) is 0 Å². The molecular weight excluding hydrogens is 1190 g/mol. The normalized spacial score (nSPS) is 18.7. The van der Waals surface area contributed by atoms with E-state index in [0.717, 1.165) is 6.92 Å². The molecule has 0 aromatic rings. The van der Waals surface area contributed by atoms with E-state index in [1.54, 1.807) is 6.26 Å². The highest BCUT2D eigenvalue weighted by Crippen LogP contribution is 2.12. The molecule has 1 fully saturated rings. The van der Waals surface area contributed by atoms with Crippen LogP contribution in [-0.4, -0.2) is 227 Å². The molecule has 0 bridgehead atoms. The van der Waals surface area contributed by atoms with E-state index in [9.17, 15) is 82.8 Å². The van der Waals surface area contributed by atoms with E-state index in [-0.39, 0.29) is 114 Å². The van der Waals surface area contributed by atoms with Crippen LogP contribution in [0.15, 0.2) is 9.98 Å². The molecular formula is C52H93N19O17S. The van der Waals surface area contributed by atoms with Gasteiger partial charge in [0.2, 0.25) is 65.0 Å². The van der Waals surface area contributed by atoms with Gasteiger partial charge in [-0.2, -0.15) is 11.8 Å². The number of nitrogens with two attached hydrogens (primary N) is 6. The topological polar surface area (TPSA) is 616 Å². The summed E-state index contributed by atoms with van der Waals surface area (Å²) >= 11 is 1.31. The summed E-state index contributed by atoms with van der Waals surface area (Å²) in [5.74, 6) is -13.4.